The van der Waals surface area contributed by atoms with Crippen molar-refractivity contribution in [1.82, 2.24) is 29.1 Å². The summed E-state index contributed by atoms with van der Waals surface area (Å²) in [4.78, 5) is 14.0. The molecule has 0 aliphatic heterocycles. The first-order valence-corrected chi connectivity index (χ1v) is 10.1. The summed E-state index contributed by atoms with van der Waals surface area (Å²) in [5.41, 5.74) is 4.51. The predicted octanol–water partition coefficient (Wildman–Crippen LogP) is 2.69. The van der Waals surface area contributed by atoms with Crippen molar-refractivity contribution in [3.63, 3.8) is 0 Å². The average molecular weight is 407 g/mol. The molecule has 1 saturated carbocycles. The molecule has 9 heteroatoms. The molecule has 0 saturated heterocycles. The predicted molar refractivity (Wildman–Crippen MR) is 114 cm³/mol. The number of aromatic nitrogens is 6. The summed E-state index contributed by atoms with van der Waals surface area (Å²) < 4.78 is 14.5. The molecule has 0 amide bonds. The van der Waals surface area contributed by atoms with Crippen molar-refractivity contribution in [2.45, 2.75) is 38.5 Å². The molecule has 4 aromatic rings. The van der Waals surface area contributed by atoms with Gasteiger partial charge in [-0.15, -0.1) is 5.10 Å². The summed E-state index contributed by atoms with van der Waals surface area (Å²) in [7, 11) is 3.45. The number of rotatable bonds is 7. The molecule has 4 heterocycles. The Morgan fingerprint density at radius 3 is 2.83 bits per heavy atom. The summed E-state index contributed by atoms with van der Waals surface area (Å²) in [5.74, 6) is 1.56. The summed E-state index contributed by atoms with van der Waals surface area (Å²) in [6.45, 7) is 3.32. The minimum atomic E-state index is 0.339. The second kappa shape index (κ2) is 7.66. The minimum absolute atomic E-state index is 0.339. The van der Waals surface area contributed by atoms with Gasteiger partial charge in [0, 0.05) is 38.6 Å². The molecule has 0 radical (unpaired) electrons. The first kappa shape index (κ1) is 19.0. The van der Waals surface area contributed by atoms with E-state index in [0.29, 0.717) is 24.7 Å². The van der Waals surface area contributed by atoms with E-state index in [1.807, 2.05) is 42.0 Å². The molecule has 0 aromatic carbocycles. The molecule has 1 fully saturated rings. The fraction of sp³-hybridized carbons (Fsp3) is 0.429. The van der Waals surface area contributed by atoms with Crippen LogP contribution >= 0.6 is 0 Å². The second-order valence-corrected chi connectivity index (χ2v) is 7.65. The molecule has 5 rings (SSSR count). The Labute approximate surface area is 174 Å². The highest BCUT2D eigenvalue weighted by Gasteiger charge is 2.29. The average Bonchev–Trinajstić information content (AvgIpc) is 3.28. The number of imidazole rings is 1. The molecule has 4 aromatic heterocycles. The first-order valence-electron chi connectivity index (χ1n) is 10.1. The van der Waals surface area contributed by atoms with E-state index in [0.717, 1.165) is 53.1 Å². The quantitative estimate of drug-likeness (QED) is 0.504. The normalized spacial score (nSPS) is 18.8. The molecule has 1 N–H and O–H groups in total. The number of hydrogen-bond acceptors (Lipinski definition) is 7. The monoisotopic (exact) mass is 407 g/mol. The molecule has 1 aliphatic carbocycles. The Balaban J connectivity index is 1.45. The summed E-state index contributed by atoms with van der Waals surface area (Å²) >= 11 is 0. The van der Waals surface area contributed by atoms with Crippen LogP contribution in [-0.2, 0) is 16.0 Å². The third-order valence-corrected chi connectivity index (χ3v) is 5.76. The summed E-state index contributed by atoms with van der Waals surface area (Å²) in [5, 5.41) is 7.99. The lowest BCUT2D eigenvalue weighted by Gasteiger charge is -2.34. The van der Waals surface area contributed by atoms with Gasteiger partial charge in [-0.3, -0.25) is 0 Å². The second-order valence-electron chi connectivity index (χ2n) is 7.65. The molecule has 30 heavy (non-hydrogen) atoms. The molecule has 0 unspecified atom stereocenters. The zero-order chi connectivity index (χ0) is 20.7. The van der Waals surface area contributed by atoms with Crippen LogP contribution in [0.2, 0.25) is 0 Å². The summed E-state index contributed by atoms with van der Waals surface area (Å²) in [6.07, 6.45) is 6.09. The zero-order valence-corrected chi connectivity index (χ0v) is 17.4. The molecular weight excluding hydrogens is 382 g/mol. The highest BCUT2D eigenvalue weighted by atomic mass is 16.5. The molecule has 1 aliphatic rings. The first-order chi connectivity index (χ1) is 14.7. The van der Waals surface area contributed by atoms with Gasteiger partial charge in [-0.25, -0.2) is 19.5 Å². The van der Waals surface area contributed by atoms with Crippen LogP contribution in [0.3, 0.4) is 0 Å². The van der Waals surface area contributed by atoms with Crippen molar-refractivity contribution in [2.24, 2.45) is 0 Å². The number of pyridine rings is 1. The van der Waals surface area contributed by atoms with E-state index in [9.17, 15) is 0 Å². The standard InChI is InChI=1S/C21H25N7O2/c1-13-23-18-5-4-17(25-20(18)27(13)8-9-29-2)16-6-7-28-19(16)12-22-21(26-28)24-14-10-15(11-14)30-3/h4-7,12,14-15H,8-11H2,1-3H3,(H,24,26)/t14-,15-. The van der Waals surface area contributed by atoms with Crippen LogP contribution < -0.4 is 5.32 Å². The smallest absolute Gasteiger partial charge is 0.241 e. The maximum Gasteiger partial charge on any atom is 0.241 e. The number of hydrogen-bond donors (Lipinski definition) is 1. The third kappa shape index (κ3) is 3.29. The number of nitrogens with one attached hydrogen (secondary N) is 1. The largest absolute Gasteiger partial charge is 0.383 e. The number of aryl methyl sites for hydroxylation is 1. The van der Waals surface area contributed by atoms with Gasteiger partial charge in [0.25, 0.3) is 0 Å². The fourth-order valence-corrected chi connectivity index (χ4v) is 3.96. The SMILES string of the molecule is COCCn1c(C)nc2ccc(-c3ccn4nc(N[C@H]5C[C@H](OC)C5)ncc34)nc21. The van der Waals surface area contributed by atoms with E-state index in [2.05, 4.69) is 25.0 Å². The Bertz CT molecular complexity index is 1190. The molecule has 0 spiro atoms. The van der Waals surface area contributed by atoms with Crippen LogP contribution in [0.15, 0.2) is 30.6 Å². The van der Waals surface area contributed by atoms with Crippen LogP contribution in [0.1, 0.15) is 18.7 Å². The van der Waals surface area contributed by atoms with E-state index in [1.165, 1.54) is 0 Å². The lowest BCUT2D eigenvalue weighted by molar-refractivity contribution is 0.0326. The molecule has 0 bridgehead atoms. The van der Waals surface area contributed by atoms with Crippen LogP contribution in [0.4, 0.5) is 5.95 Å². The number of nitrogens with zero attached hydrogens (tertiary/aromatic N) is 6. The molecule has 9 nitrogen and oxygen atoms in total. The van der Waals surface area contributed by atoms with Crippen LogP contribution in [0.25, 0.3) is 27.9 Å². The number of ether oxygens (including phenoxy) is 2. The van der Waals surface area contributed by atoms with Gasteiger partial charge in [-0.1, -0.05) is 0 Å². The molecule has 0 atom stereocenters. The van der Waals surface area contributed by atoms with Crippen molar-refractivity contribution < 1.29 is 9.47 Å². The van der Waals surface area contributed by atoms with Crippen molar-refractivity contribution in [1.29, 1.82) is 0 Å². The fourth-order valence-electron chi connectivity index (χ4n) is 3.96. The Kier molecular flexibility index (Phi) is 4.84. The van der Waals surface area contributed by atoms with Gasteiger partial charge >= 0.3 is 0 Å². The van der Waals surface area contributed by atoms with Gasteiger partial charge in [0.2, 0.25) is 5.95 Å². The van der Waals surface area contributed by atoms with E-state index < -0.39 is 0 Å². The maximum atomic E-state index is 5.33. The van der Waals surface area contributed by atoms with Crippen molar-refractivity contribution in [3.05, 3.63) is 36.4 Å². The van der Waals surface area contributed by atoms with Gasteiger partial charge in [0.15, 0.2) is 5.65 Å². The van der Waals surface area contributed by atoms with E-state index in [-0.39, 0.29) is 0 Å². The van der Waals surface area contributed by atoms with Crippen LogP contribution in [0.5, 0.6) is 0 Å². The third-order valence-electron chi connectivity index (χ3n) is 5.76. The molecule has 156 valence electrons. The number of fused-ring (bicyclic) bond motifs is 2. The van der Waals surface area contributed by atoms with E-state index >= 15 is 0 Å². The van der Waals surface area contributed by atoms with Gasteiger partial charge in [0.1, 0.15) is 11.3 Å². The highest BCUT2D eigenvalue weighted by molar-refractivity contribution is 5.82. The Morgan fingerprint density at radius 2 is 2.03 bits per heavy atom. The van der Waals surface area contributed by atoms with E-state index in [4.69, 9.17) is 14.5 Å². The summed E-state index contributed by atoms with van der Waals surface area (Å²) in [6, 6.07) is 6.39. The van der Waals surface area contributed by atoms with Crippen molar-refractivity contribution in [2.75, 3.05) is 26.1 Å². The zero-order valence-electron chi connectivity index (χ0n) is 17.4. The van der Waals surface area contributed by atoms with Gasteiger partial charge < -0.3 is 19.4 Å². The highest BCUT2D eigenvalue weighted by Crippen LogP contribution is 2.28. The Hall–Kier alpha value is -3.04. The number of methoxy groups -OCH3 is 2. The van der Waals surface area contributed by atoms with E-state index in [1.54, 1.807) is 14.2 Å². The van der Waals surface area contributed by atoms with Gasteiger partial charge in [-0.2, -0.15) is 0 Å². The molecular formula is C21H25N7O2. The Morgan fingerprint density at radius 1 is 1.17 bits per heavy atom. The van der Waals surface area contributed by atoms with Crippen LogP contribution in [-0.4, -0.2) is 62.1 Å². The maximum absolute atomic E-state index is 5.33. The van der Waals surface area contributed by atoms with Crippen molar-refractivity contribution in [3.8, 4) is 11.3 Å². The lowest BCUT2D eigenvalue weighted by atomic mass is 9.89. The number of anilines is 1. The van der Waals surface area contributed by atoms with Gasteiger partial charge in [0.05, 0.1) is 30.1 Å². The van der Waals surface area contributed by atoms with Crippen molar-refractivity contribution >= 4 is 22.6 Å². The topological polar surface area (TPSA) is 91.4 Å². The van der Waals surface area contributed by atoms with Gasteiger partial charge in [-0.05, 0) is 38.0 Å². The minimum Gasteiger partial charge on any atom is -0.383 e. The lowest BCUT2D eigenvalue weighted by Crippen LogP contribution is -2.40. The van der Waals surface area contributed by atoms with Crippen LogP contribution in [0, 0.1) is 6.92 Å².